The monoisotopic (exact) mass is 486 g/mol. The fraction of sp³-hybridized carbons (Fsp3) is 0.167. The largest absolute Gasteiger partial charge is 0.271 e. The lowest BCUT2D eigenvalue weighted by Crippen LogP contribution is -2.29. The maximum Gasteiger partial charge on any atom is 0.0758 e. The standard InChI is InChI=1S/C12H10Br3ClN2S/c13-7-2-1-6(9(16)4-7)3-10(18-17)8-5-11(14)19-12(8)15/h1-2,4-5,10,18H,3,17H2. The van der Waals surface area contributed by atoms with Gasteiger partial charge >= 0.3 is 0 Å². The van der Waals surface area contributed by atoms with E-state index in [1.807, 2.05) is 18.2 Å². The number of rotatable bonds is 4. The Morgan fingerprint density at radius 3 is 2.53 bits per heavy atom. The minimum Gasteiger partial charge on any atom is -0.271 e. The minimum absolute atomic E-state index is 0.00982. The fourth-order valence-electron chi connectivity index (χ4n) is 1.76. The molecule has 0 fully saturated rings. The van der Waals surface area contributed by atoms with Crippen LogP contribution in [0.4, 0.5) is 0 Å². The Balaban J connectivity index is 2.26. The van der Waals surface area contributed by atoms with Crippen LogP contribution in [-0.4, -0.2) is 0 Å². The zero-order chi connectivity index (χ0) is 14.0. The predicted octanol–water partition coefficient (Wildman–Crippen LogP) is 5.44. The van der Waals surface area contributed by atoms with Gasteiger partial charge in [-0.1, -0.05) is 33.6 Å². The maximum absolute atomic E-state index is 6.25. The van der Waals surface area contributed by atoms with E-state index in [0.717, 1.165) is 34.6 Å². The molecule has 2 nitrogen and oxygen atoms in total. The number of benzene rings is 1. The summed E-state index contributed by atoms with van der Waals surface area (Å²) in [5.41, 5.74) is 5.03. The lowest BCUT2D eigenvalue weighted by atomic mass is 10.0. The van der Waals surface area contributed by atoms with Crippen LogP contribution in [-0.2, 0) is 6.42 Å². The highest BCUT2D eigenvalue weighted by Crippen LogP contribution is 2.37. The molecule has 2 rings (SSSR count). The molecule has 0 amide bonds. The van der Waals surface area contributed by atoms with Gasteiger partial charge in [0.2, 0.25) is 0 Å². The third-order valence-corrected chi connectivity index (χ3v) is 5.93. The van der Waals surface area contributed by atoms with E-state index in [9.17, 15) is 0 Å². The minimum atomic E-state index is 0.00982. The van der Waals surface area contributed by atoms with Gasteiger partial charge in [0.25, 0.3) is 0 Å². The van der Waals surface area contributed by atoms with Crippen molar-refractivity contribution >= 4 is 70.7 Å². The van der Waals surface area contributed by atoms with Gasteiger partial charge in [0.1, 0.15) is 0 Å². The molecule has 19 heavy (non-hydrogen) atoms. The van der Waals surface area contributed by atoms with Crippen LogP contribution in [0.5, 0.6) is 0 Å². The highest BCUT2D eigenvalue weighted by molar-refractivity contribution is 9.12. The molecule has 0 aliphatic rings. The lowest BCUT2D eigenvalue weighted by Gasteiger charge is -2.16. The van der Waals surface area contributed by atoms with Crippen LogP contribution in [0.2, 0.25) is 5.02 Å². The summed E-state index contributed by atoms with van der Waals surface area (Å²) in [4.78, 5) is 0. The van der Waals surface area contributed by atoms with Crippen LogP contribution < -0.4 is 11.3 Å². The van der Waals surface area contributed by atoms with Gasteiger partial charge in [0, 0.05) is 9.50 Å². The van der Waals surface area contributed by atoms with Crippen molar-refractivity contribution in [3.05, 3.63) is 52.5 Å². The molecule has 0 saturated heterocycles. The summed E-state index contributed by atoms with van der Waals surface area (Å²) in [5.74, 6) is 5.68. The summed E-state index contributed by atoms with van der Waals surface area (Å²) in [6.45, 7) is 0. The quantitative estimate of drug-likeness (QED) is 0.444. The molecule has 7 heteroatoms. The molecule has 102 valence electrons. The number of nitrogens with one attached hydrogen (secondary N) is 1. The zero-order valence-electron chi connectivity index (χ0n) is 9.59. The normalized spacial score (nSPS) is 12.7. The summed E-state index contributed by atoms with van der Waals surface area (Å²) in [5, 5.41) is 0.736. The molecule has 1 atom stereocenters. The third-order valence-electron chi connectivity index (χ3n) is 2.70. The second-order valence-corrected chi connectivity index (χ2v) is 9.01. The van der Waals surface area contributed by atoms with Crippen LogP contribution in [0.15, 0.2) is 36.3 Å². The lowest BCUT2D eigenvalue weighted by molar-refractivity contribution is 0.552. The van der Waals surface area contributed by atoms with E-state index in [0.29, 0.717) is 0 Å². The van der Waals surface area contributed by atoms with E-state index in [1.54, 1.807) is 11.3 Å². The second kappa shape index (κ2) is 7.02. The molecule has 1 aromatic heterocycles. The van der Waals surface area contributed by atoms with E-state index in [2.05, 4.69) is 59.3 Å². The van der Waals surface area contributed by atoms with Crippen LogP contribution in [0.25, 0.3) is 0 Å². The van der Waals surface area contributed by atoms with Crippen LogP contribution in [0.1, 0.15) is 17.2 Å². The summed E-state index contributed by atoms with van der Waals surface area (Å²) < 4.78 is 3.10. The number of halogens is 4. The van der Waals surface area contributed by atoms with Gasteiger partial charge in [-0.05, 0) is 67.6 Å². The molecule has 0 saturated carbocycles. The SMILES string of the molecule is NNC(Cc1ccc(Br)cc1Cl)c1cc(Br)sc1Br. The van der Waals surface area contributed by atoms with Gasteiger partial charge < -0.3 is 0 Å². The van der Waals surface area contributed by atoms with Crippen molar-refractivity contribution in [2.24, 2.45) is 5.84 Å². The van der Waals surface area contributed by atoms with Crippen molar-refractivity contribution in [1.82, 2.24) is 5.43 Å². The molecule has 0 aliphatic carbocycles. The van der Waals surface area contributed by atoms with Gasteiger partial charge in [-0.2, -0.15) is 0 Å². The molecule has 0 aliphatic heterocycles. The van der Waals surface area contributed by atoms with Gasteiger partial charge in [0.05, 0.1) is 13.6 Å². The van der Waals surface area contributed by atoms with Crippen molar-refractivity contribution in [2.75, 3.05) is 0 Å². The molecular weight excluding hydrogens is 479 g/mol. The molecule has 2 aromatic rings. The van der Waals surface area contributed by atoms with E-state index in [-0.39, 0.29) is 6.04 Å². The van der Waals surface area contributed by atoms with E-state index in [1.165, 1.54) is 0 Å². The molecule has 0 spiro atoms. The van der Waals surface area contributed by atoms with Crippen molar-refractivity contribution in [1.29, 1.82) is 0 Å². The number of hydrazine groups is 1. The van der Waals surface area contributed by atoms with Gasteiger partial charge in [-0.25, -0.2) is 0 Å². The van der Waals surface area contributed by atoms with Gasteiger partial charge in [-0.15, -0.1) is 11.3 Å². The van der Waals surface area contributed by atoms with Gasteiger partial charge in [-0.3, -0.25) is 11.3 Å². The summed E-state index contributed by atoms with van der Waals surface area (Å²) >= 11 is 18.3. The van der Waals surface area contributed by atoms with E-state index < -0.39 is 0 Å². The Morgan fingerprint density at radius 1 is 1.26 bits per heavy atom. The summed E-state index contributed by atoms with van der Waals surface area (Å²) in [6.07, 6.45) is 0.727. The Bertz CT molecular complexity index is 588. The third kappa shape index (κ3) is 4.03. The topological polar surface area (TPSA) is 38.0 Å². The average molecular weight is 489 g/mol. The summed E-state index contributed by atoms with van der Waals surface area (Å²) in [6, 6.07) is 7.95. The zero-order valence-corrected chi connectivity index (χ0v) is 15.9. The Kier molecular flexibility index (Phi) is 5.90. The first kappa shape index (κ1) is 15.9. The Hall–Kier alpha value is 0.570. The molecule has 1 heterocycles. The first-order chi connectivity index (χ1) is 9.01. The number of thiophene rings is 1. The molecule has 3 N–H and O–H groups in total. The number of hydrogen-bond acceptors (Lipinski definition) is 3. The average Bonchev–Trinajstić information content (AvgIpc) is 2.68. The fourth-order valence-corrected chi connectivity index (χ4v) is 5.48. The Labute approximate surface area is 146 Å². The predicted molar refractivity (Wildman–Crippen MR) is 92.6 cm³/mol. The van der Waals surface area contributed by atoms with E-state index >= 15 is 0 Å². The van der Waals surface area contributed by atoms with Crippen molar-refractivity contribution in [3.8, 4) is 0 Å². The van der Waals surface area contributed by atoms with Crippen LogP contribution in [0.3, 0.4) is 0 Å². The first-order valence-electron chi connectivity index (χ1n) is 5.36. The second-order valence-electron chi connectivity index (χ2n) is 3.94. The molecule has 0 bridgehead atoms. The first-order valence-corrected chi connectivity index (χ1v) is 8.93. The van der Waals surface area contributed by atoms with Crippen molar-refractivity contribution < 1.29 is 0 Å². The number of nitrogens with two attached hydrogens (primary N) is 1. The Morgan fingerprint density at radius 2 is 2.00 bits per heavy atom. The van der Waals surface area contributed by atoms with Crippen LogP contribution >= 0.6 is 70.7 Å². The van der Waals surface area contributed by atoms with Crippen LogP contribution in [0, 0.1) is 0 Å². The molecule has 1 aromatic carbocycles. The van der Waals surface area contributed by atoms with Gasteiger partial charge in [0.15, 0.2) is 0 Å². The molecular formula is C12H10Br3ClN2S. The van der Waals surface area contributed by atoms with Crippen molar-refractivity contribution in [3.63, 3.8) is 0 Å². The van der Waals surface area contributed by atoms with E-state index in [4.69, 9.17) is 17.4 Å². The maximum atomic E-state index is 6.25. The highest BCUT2D eigenvalue weighted by Gasteiger charge is 2.17. The smallest absolute Gasteiger partial charge is 0.0758 e. The summed E-state index contributed by atoms with van der Waals surface area (Å²) in [7, 11) is 0. The molecule has 0 radical (unpaired) electrons. The number of hydrogen-bond donors (Lipinski definition) is 2. The molecule has 1 unspecified atom stereocenters. The highest BCUT2D eigenvalue weighted by atomic mass is 79.9. The van der Waals surface area contributed by atoms with Crippen molar-refractivity contribution in [2.45, 2.75) is 12.5 Å².